The number of carbonyl (C=O) groups is 1. The maximum absolute atomic E-state index is 13.3. The summed E-state index contributed by atoms with van der Waals surface area (Å²) in [5.41, 5.74) is 4.51. The van der Waals surface area contributed by atoms with E-state index >= 15 is 0 Å². The molecule has 3 aliphatic heterocycles. The Kier molecular flexibility index (Phi) is 4.53. The Labute approximate surface area is 185 Å². The average molecular weight is 432 g/mol. The molecule has 0 radical (unpaired) electrons. The van der Waals surface area contributed by atoms with Gasteiger partial charge in [0.05, 0.1) is 5.69 Å². The van der Waals surface area contributed by atoms with Crippen LogP contribution in [0.4, 0.5) is 0 Å². The standard InChI is InChI=1S/C24H24N4O4/c1-26-23-17-4-2-3-5-19(17)30-14-18(23)22(25-26)24(29)28-10-8-27(9-11-28)13-16-6-7-20-21(12-16)32-15-31-20/h2-7,12H,8-11,13-15H2,1H3. The molecule has 0 spiro atoms. The minimum Gasteiger partial charge on any atom is -0.488 e. The summed E-state index contributed by atoms with van der Waals surface area (Å²) in [6, 6.07) is 14.0. The van der Waals surface area contributed by atoms with Gasteiger partial charge in [-0.2, -0.15) is 5.10 Å². The van der Waals surface area contributed by atoms with Crippen LogP contribution in [0.15, 0.2) is 42.5 Å². The first-order valence-corrected chi connectivity index (χ1v) is 10.9. The van der Waals surface area contributed by atoms with Gasteiger partial charge in [0.1, 0.15) is 12.4 Å². The summed E-state index contributed by atoms with van der Waals surface area (Å²) in [6.45, 7) is 4.45. The fourth-order valence-electron chi connectivity index (χ4n) is 4.71. The van der Waals surface area contributed by atoms with Crippen LogP contribution in [0, 0.1) is 0 Å². The Morgan fingerprint density at radius 1 is 0.969 bits per heavy atom. The van der Waals surface area contributed by atoms with E-state index in [9.17, 15) is 4.79 Å². The first-order chi connectivity index (χ1) is 15.7. The van der Waals surface area contributed by atoms with Gasteiger partial charge in [0, 0.05) is 50.9 Å². The number of para-hydroxylation sites is 1. The van der Waals surface area contributed by atoms with Gasteiger partial charge in [-0.05, 0) is 29.8 Å². The number of ether oxygens (including phenoxy) is 3. The predicted molar refractivity (Wildman–Crippen MR) is 117 cm³/mol. The highest BCUT2D eigenvalue weighted by Crippen LogP contribution is 2.38. The number of carbonyl (C=O) groups excluding carboxylic acids is 1. The van der Waals surface area contributed by atoms with Gasteiger partial charge in [0.15, 0.2) is 17.2 Å². The maximum atomic E-state index is 13.3. The van der Waals surface area contributed by atoms with Gasteiger partial charge < -0.3 is 19.1 Å². The third-order valence-electron chi connectivity index (χ3n) is 6.36. The molecule has 1 fully saturated rings. The molecule has 8 nitrogen and oxygen atoms in total. The Hall–Kier alpha value is -3.52. The summed E-state index contributed by atoms with van der Waals surface area (Å²) in [4.78, 5) is 17.6. The molecule has 32 heavy (non-hydrogen) atoms. The van der Waals surface area contributed by atoms with Crippen LogP contribution in [-0.4, -0.2) is 58.5 Å². The zero-order chi connectivity index (χ0) is 21.7. The van der Waals surface area contributed by atoms with E-state index in [2.05, 4.69) is 16.1 Å². The molecule has 2 aromatic carbocycles. The van der Waals surface area contributed by atoms with E-state index in [0.29, 0.717) is 25.4 Å². The number of hydrogen-bond donors (Lipinski definition) is 0. The highest BCUT2D eigenvalue weighted by molar-refractivity contribution is 5.96. The van der Waals surface area contributed by atoms with E-state index < -0.39 is 0 Å². The van der Waals surface area contributed by atoms with Crippen LogP contribution in [0.25, 0.3) is 11.3 Å². The van der Waals surface area contributed by atoms with Crippen molar-refractivity contribution in [1.82, 2.24) is 19.6 Å². The molecule has 0 N–H and O–H groups in total. The molecule has 3 aliphatic rings. The fourth-order valence-corrected chi connectivity index (χ4v) is 4.71. The molecule has 0 saturated carbocycles. The maximum Gasteiger partial charge on any atom is 0.274 e. The molecule has 1 aromatic heterocycles. The lowest BCUT2D eigenvalue weighted by molar-refractivity contribution is 0.0619. The number of nitrogens with zero attached hydrogens (tertiary/aromatic N) is 4. The van der Waals surface area contributed by atoms with Gasteiger partial charge in [-0.3, -0.25) is 14.4 Å². The highest BCUT2D eigenvalue weighted by Gasteiger charge is 2.31. The highest BCUT2D eigenvalue weighted by atomic mass is 16.7. The van der Waals surface area contributed by atoms with Crippen LogP contribution in [0.3, 0.4) is 0 Å². The number of amides is 1. The van der Waals surface area contributed by atoms with Gasteiger partial charge in [0.25, 0.3) is 5.91 Å². The largest absolute Gasteiger partial charge is 0.488 e. The smallest absolute Gasteiger partial charge is 0.274 e. The lowest BCUT2D eigenvalue weighted by atomic mass is 10.0. The van der Waals surface area contributed by atoms with E-state index in [1.165, 1.54) is 5.56 Å². The van der Waals surface area contributed by atoms with Gasteiger partial charge >= 0.3 is 0 Å². The van der Waals surface area contributed by atoms with Crippen molar-refractivity contribution in [2.45, 2.75) is 13.2 Å². The van der Waals surface area contributed by atoms with Gasteiger partial charge in [0.2, 0.25) is 6.79 Å². The van der Waals surface area contributed by atoms with Crippen LogP contribution >= 0.6 is 0 Å². The molecular formula is C24H24N4O4. The second-order valence-electron chi connectivity index (χ2n) is 8.34. The quantitative estimate of drug-likeness (QED) is 0.634. The number of aromatic nitrogens is 2. The molecule has 0 atom stereocenters. The van der Waals surface area contributed by atoms with Crippen molar-refractivity contribution >= 4 is 5.91 Å². The first kappa shape index (κ1) is 19.2. The first-order valence-electron chi connectivity index (χ1n) is 10.9. The summed E-state index contributed by atoms with van der Waals surface area (Å²) < 4.78 is 18.6. The SMILES string of the molecule is Cn1nc(C(=O)N2CCN(Cc3ccc4c(c3)OCO4)CC2)c2c1-c1ccccc1OC2. The van der Waals surface area contributed by atoms with Crippen LogP contribution in [-0.2, 0) is 20.2 Å². The van der Waals surface area contributed by atoms with Crippen molar-refractivity contribution < 1.29 is 19.0 Å². The van der Waals surface area contributed by atoms with Gasteiger partial charge in [-0.25, -0.2) is 0 Å². The van der Waals surface area contributed by atoms with Crippen LogP contribution in [0.5, 0.6) is 17.2 Å². The lowest BCUT2D eigenvalue weighted by Gasteiger charge is -2.34. The van der Waals surface area contributed by atoms with Crippen molar-refractivity contribution in [1.29, 1.82) is 0 Å². The Morgan fingerprint density at radius 2 is 1.78 bits per heavy atom. The van der Waals surface area contributed by atoms with Crippen LogP contribution < -0.4 is 14.2 Å². The zero-order valence-corrected chi connectivity index (χ0v) is 17.9. The average Bonchev–Trinajstić information content (AvgIpc) is 3.43. The second kappa shape index (κ2) is 7.56. The molecule has 1 saturated heterocycles. The molecule has 0 bridgehead atoms. The minimum atomic E-state index is -0.0208. The third-order valence-corrected chi connectivity index (χ3v) is 6.36. The van der Waals surface area contributed by atoms with Gasteiger partial charge in [-0.1, -0.05) is 18.2 Å². The number of piperazine rings is 1. The summed E-state index contributed by atoms with van der Waals surface area (Å²) >= 11 is 0. The number of aryl methyl sites for hydroxylation is 1. The molecule has 0 aliphatic carbocycles. The van der Waals surface area contributed by atoms with Crippen LogP contribution in [0.2, 0.25) is 0 Å². The molecule has 164 valence electrons. The van der Waals surface area contributed by atoms with E-state index in [4.69, 9.17) is 14.2 Å². The lowest BCUT2D eigenvalue weighted by Crippen LogP contribution is -2.48. The van der Waals surface area contributed by atoms with Crippen LogP contribution in [0.1, 0.15) is 21.6 Å². The summed E-state index contributed by atoms with van der Waals surface area (Å²) in [6.07, 6.45) is 0. The third kappa shape index (κ3) is 3.18. The van der Waals surface area contributed by atoms with E-state index in [-0.39, 0.29) is 12.7 Å². The minimum absolute atomic E-state index is 0.0208. The Morgan fingerprint density at radius 3 is 2.66 bits per heavy atom. The predicted octanol–water partition coefficient (Wildman–Crippen LogP) is 2.67. The topological polar surface area (TPSA) is 69.1 Å². The molecule has 3 aromatic rings. The van der Waals surface area contributed by atoms with Crippen molar-refractivity contribution in [3.05, 3.63) is 59.3 Å². The Balaban J connectivity index is 1.15. The molecule has 0 unspecified atom stereocenters. The molecular weight excluding hydrogens is 408 g/mol. The van der Waals surface area contributed by atoms with E-state index in [0.717, 1.165) is 53.7 Å². The second-order valence-corrected chi connectivity index (χ2v) is 8.34. The summed E-state index contributed by atoms with van der Waals surface area (Å²) in [7, 11) is 1.89. The normalized spacial score (nSPS) is 17.0. The number of hydrogen-bond acceptors (Lipinski definition) is 6. The molecule has 1 amide bonds. The number of benzene rings is 2. The number of fused-ring (bicyclic) bond motifs is 4. The summed E-state index contributed by atoms with van der Waals surface area (Å²) in [5, 5.41) is 4.59. The van der Waals surface area contributed by atoms with E-state index in [1.54, 1.807) is 4.68 Å². The monoisotopic (exact) mass is 432 g/mol. The van der Waals surface area contributed by atoms with Crippen molar-refractivity contribution in [3.8, 4) is 28.5 Å². The molecule has 8 heteroatoms. The molecule has 4 heterocycles. The van der Waals surface area contributed by atoms with E-state index in [1.807, 2.05) is 48.3 Å². The molecule has 6 rings (SSSR count). The van der Waals surface area contributed by atoms with Crippen molar-refractivity contribution in [2.75, 3.05) is 33.0 Å². The fraction of sp³-hybridized carbons (Fsp3) is 0.333. The number of rotatable bonds is 3. The summed E-state index contributed by atoms with van der Waals surface area (Å²) in [5.74, 6) is 2.42. The van der Waals surface area contributed by atoms with Gasteiger partial charge in [-0.15, -0.1) is 0 Å². The van der Waals surface area contributed by atoms with Crippen molar-refractivity contribution in [2.24, 2.45) is 7.05 Å². The zero-order valence-electron chi connectivity index (χ0n) is 17.9. The van der Waals surface area contributed by atoms with Crippen molar-refractivity contribution in [3.63, 3.8) is 0 Å². The Bertz CT molecular complexity index is 1200.